The molecule has 1 aromatic heterocycles. The molecule has 8 rings (SSSR count). The van der Waals surface area contributed by atoms with E-state index in [1.165, 1.54) is 12.1 Å². The largest absolute Gasteiger partial charge is 0.318 e. The number of nitro benzene ring substituents is 1. The molecule has 2 saturated carbocycles. The van der Waals surface area contributed by atoms with Crippen LogP contribution in [-0.4, -0.2) is 32.5 Å². The van der Waals surface area contributed by atoms with Gasteiger partial charge in [-0.05, 0) is 85.4 Å². The molecule has 2 bridgehead atoms. The van der Waals surface area contributed by atoms with Crippen LogP contribution < -0.4 is 0 Å². The molecule has 0 spiro atoms. The number of rotatable bonds is 5. The van der Waals surface area contributed by atoms with Crippen molar-refractivity contribution in [1.29, 1.82) is 0 Å². The van der Waals surface area contributed by atoms with Crippen molar-refractivity contribution in [3.8, 4) is 16.8 Å². The second-order valence-electron chi connectivity index (χ2n) is 10.9. The van der Waals surface area contributed by atoms with E-state index in [2.05, 4.69) is 21.8 Å². The van der Waals surface area contributed by atoms with Crippen LogP contribution in [0.15, 0.2) is 71.9 Å². The third-order valence-electron chi connectivity index (χ3n) is 8.96. The predicted molar refractivity (Wildman–Crippen MR) is 141 cm³/mol. The first kappa shape index (κ1) is 22.8. The molecule has 8 heteroatoms. The van der Waals surface area contributed by atoms with Gasteiger partial charge in [0.15, 0.2) is 0 Å². The van der Waals surface area contributed by atoms with Crippen LogP contribution in [0.3, 0.4) is 0 Å². The highest BCUT2D eigenvalue weighted by Gasteiger charge is 2.67. The van der Waals surface area contributed by atoms with E-state index in [0.29, 0.717) is 11.8 Å². The lowest BCUT2D eigenvalue weighted by Crippen LogP contribution is -2.40. The van der Waals surface area contributed by atoms with Crippen LogP contribution in [0.2, 0.25) is 0 Å². The molecule has 1 aliphatic heterocycles. The van der Waals surface area contributed by atoms with E-state index >= 15 is 0 Å². The van der Waals surface area contributed by atoms with Crippen molar-refractivity contribution in [3.63, 3.8) is 0 Å². The Morgan fingerprint density at radius 1 is 0.895 bits per heavy atom. The van der Waals surface area contributed by atoms with Crippen LogP contribution in [0.1, 0.15) is 23.4 Å². The summed E-state index contributed by atoms with van der Waals surface area (Å²) in [6, 6.07) is 16.5. The monoisotopic (exact) mass is 506 g/mol. The quantitative estimate of drug-likeness (QED) is 0.159. The molecule has 0 unspecified atom stereocenters. The van der Waals surface area contributed by atoms with E-state index in [1.807, 2.05) is 44.2 Å². The van der Waals surface area contributed by atoms with Crippen LogP contribution in [0.25, 0.3) is 16.8 Å². The average Bonchev–Trinajstić information content (AvgIpc) is 3.65. The summed E-state index contributed by atoms with van der Waals surface area (Å²) in [4.78, 5) is 37.0. The lowest BCUT2D eigenvalue weighted by atomic mass is 9.63. The van der Waals surface area contributed by atoms with E-state index in [9.17, 15) is 19.7 Å². The number of carbonyl (C=O) groups excluding carboxylic acids is 2. The van der Waals surface area contributed by atoms with Gasteiger partial charge in [-0.15, -0.1) is 0 Å². The Morgan fingerprint density at radius 2 is 1.45 bits per heavy atom. The van der Waals surface area contributed by atoms with Crippen LogP contribution in [0, 0.1) is 59.5 Å². The molecule has 38 heavy (non-hydrogen) atoms. The number of imide groups is 1. The van der Waals surface area contributed by atoms with E-state index in [0.717, 1.165) is 45.2 Å². The van der Waals surface area contributed by atoms with Gasteiger partial charge in [0.1, 0.15) is 0 Å². The fourth-order valence-corrected chi connectivity index (χ4v) is 7.07. The summed E-state index contributed by atoms with van der Waals surface area (Å²) in [5, 5.41) is 16.5. The minimum absolute atomic E-state index is 0.0647. The van der Waals surface area contributed by atoms with Gasteiger partial charge >= 0.3 is 0 Å². The Morgan fingerprint density at radius 3 is 2.00 bits per heavy atom. The zero-order valence-electron chi connectivity index (χ0n) is 21.0. The number of amides is 2. The minimum Gasteiger partial charge on any atom is -0.318 e. The topological polar surface area (TPSA) is 97.8 Å². The van der Waals surface area contributed by atoms with Gasteiger partial charge in [-0.25, -0.2) is 0 Å². The normalized spacial score (nSPS) is 28.7. The molecule has 8 nitrogen and oxygen atoms in total. The molecule has 5 aliphatic rings. The number of aromatic nitrogens is 1. The Kier molecular flexibility index (Phi) is 4.86. The summed E-state index contributed by atoms with van der Waals surface area (Å²) in [6.07, 6.45) is 7.10. The SMILES string of the molecule is Cc1cc(/C=N\N2C(=O)[C@@H]3[C@H]4C=C[C@@H]([C@@H]5C[C@@H]45)[C@@H]3C2=O)c(C)n1-c1ccc(-c2ccc([N+](=O)[O-])cc2)cc1. The maximum Gasteiger partial charge on any atom is 0.269 e. The maximum atomic E-state index is 13.2. The average molecular weight is 507 g/mol. The minimum atomic E-state index is -0.406. The maximum absolute atomic E-state index is 13.2. The fraction of sp³-hybridized carbons (Fsp3) is 0.300. The van der Waals surface area contributed by atoms with Crippen molar-refractivity contribution in [1.82, 2.24) is 9.58 Å². The van der Waals surface area contributed by atoms with Crippen LogP contribution in [0.5, 0.6) is 0 Å². The molecule has 3 fully saturated rings. The number of hydrogen-bond acceptors (Lipinski definition) is 5. The summed E-state index contributed by atoms with van der Waals surface area (Å²) in [7, 11) is 0. The molecular formula is C30H26N4O4. The third-order valence-corrected chi connectivity index (χ3v) is 8.96. The lowest BCUT2D eigenvalue weighted by Gasteiger charge is -2.37. The fourth-order valence-electron chi connectivity index (χ4n) is 7.07. The molecule has 190 valence electrons. The van der Waals surface area contributed by atoms with Gasteiger partial charge in [-0.3, -0.25) is 19.7 Å². The molecule has 0 N–H and O–H groups in total. The molecular weight excluding hydrogens is 480 g/mol. The van der Waals surface area contributed by atoms with Gasteiger partial charge in [0.05, 0.1) is 23.0 Å². The second kappa shape index (κ2) is 8.08. The first-order valence-corrected chi connectivity index (χ1v) is 13.0. The van der Waals surface area contributed by atoms with Gasteiger partial charge in [0, 0.05) is 34.8 Å². The number of hydrogen-bond donors (Lipinski definition) is 0. The predicted octanol–water partition coefficient (Wildman–Crippen LogP) is 5.06. The summed E-state index contributed by atoms with van der Waals surface area (Å²) in [6.45, 7) is 3.99. The summed E-state index contributed by atoms with van der Waals surface area (Å²) in [5.74, 6) is 0.694. The van der Waals surface area contributed by atoms with Crippen LogP contribution in [-0.2, 0) is 9.59 Å². The first-order valence-electron chi connectivity index (χ1n) is 13.0. The van der Waals surface area contributed by atoms with Gasteiger partial charge in [-0.1, -0.05) is 24.3 Å². The summed E-state index contributed by atoms with van der Waals surface area (Å²) in [5.41, 5.74) is 5.69. The molecule has 1 saturated heterocycles. The van der Waals surface area contributed by atoms with E-state index in [1.54, 1.807) is 18.3 Å². The molecule has 6 atom stereocenters. The van der Waals surface area contributed by atoms with Crippen LogP contribution in [0.4, 0.5) is 5.69 Å². The molecule has 3 aromatic rings. The Labute approximate surface area is 219 Å². The van der Waals surface area contributed by atoms with Crippen LogP contribution >= 0.6 is 0 Å². The highest BCUT2D eigenvalue weighted by atomic mass is 16.6. The Bertz CT molecular complexity index is 1530. The Balaban J connectivity index is 1.12. The molecule has 4 aliphatic carbocycles. The van der Waals surface area contributed by atoms with E-state index < -0.39 is 4.92 Å². The standard InChI is InChI=1S/C30H26N4O4/c1-16-13-20(15-31-33-29(35)27-23-11-12-24(26-14-25(23)26)28(27)30(33)36)17(2)32(16)21-7-3-18(4-8-21)19-5-9-22(10-6-19)34(37)38/h3-13,15,23-28H,14H2,1-2H3/b31-15-/t23-,24-,25-,26-,27-,28+/m0/s1. The van der Waals surface area contributed by atoms with Gasteiger partial charge in [-0.2, -0.15) is 10.1 Å². The number of nitro groups is 1. The first-order chi connectivity index (χ1) is 18.3. The van der Waals surface area contributed by atoms with Crippen molar-refractivity contribution in [2.45, 2.75) is 20.3 Å². The zero-order chi connectivity index (χ0) is 26.3. The summed E-state index contributed by atoms with van der Waals surface area (Å²) < 4.78 is 2.10. The van der Waals surface area contributed by atoms with Crippen molar-refractivity contribution in [2.75, 3.05) is 0 Å². The number of allylic oxidation sites excluding steroid dienone is 2. The number of benzene rings is 2. The van der Waals surface area contributed by atoms with Gasteiger partial charge in [0.25, 0.3) is 17.5 Å². The smallest absolute Gasteiger partial charge is 0.269 e. The summed E-state index contributed by atoms with van der Waals surface area (Å²) >= 11 is 0. The van der Waals surface area contributed by atoms with Crippen molar-refractivity contribution in [3.05, 3.63) is 93.8 Å². The third kappa shape index (κ3) is 3.25. The highest BCUT2D eigenvalue weighted by molar-refractivity contribution is 6.06. The molecule has 2 heterocycles. The Hall–Kier alpha value is -4.33. The van der Waals surface area contributed by atoms with Crippen molar-refractivity contribution < 1.29 is 14.5 Å². The lowest BCUT2D eigenvalue weighted by molar-refractivity contribution is -0.384. The molecule has 2 amide bonds. The zero-order valence-corrected chi connectivity index (χ0v) is 21.0. The van der Waals surface area contributed by atoms with E-state index in [4.69, 9.17) is 0 Å². The second-order valence-corrected chi connectivity index (χ2v) is 10.9. The number of nitrogens with zero attached hydrogens (tertiary/aromatic N) is 4. The van der Waals surface area contributed by atoms with Gasteiger partial charge < -0.3 is 4.57 Å². The number of carbonyl (C=O) groups is 2. The van der Waals surface area contributed by atoms with Crippen molar-refractivity contribution >= 4 is 23.7 Å². The number of hydrazone groups is 1. The van der Waals surface area contributed by atoms with Crippen molar-refractivity contribution in [2.24, 2.45) is 40.6 Å². The molecule has 2 aromatic carbocycles. The molecule has 0 radical (unpaired) electrons. The highest BCUT2D eigenvalue weighted by Crippen LogP contribution is 2.65. The number of non-ortho nitro benzene ring substituents is 1. The van der Waals surface area contributed by atoms with Gasteiger partial charge in [0.2, 0.25) is 0 Å². The van der Waals surface area contributed by atoms with E-state index in [-0.39, 0.29) is 41.2 Å². The number of aryl methyl sites for hydroxylation is 1.